The molecule has 0 rings (SSSR count). The third-order valence-electron chi connectivity index (χ3n) is 0.963. The van der Waals surface area contributed by atoms with E-state index in [-0.39, 0.29) is 0 Å². The summed E-state index contributed by atoms with van der Waals surface area (Å²) in [6.45, 7) is 4.49. The molecule has 0 aromatic heterocycles. The van der Waals surface area contributed by atoms with E-state index >= 15 is 0 Å². The Kier molecular flexibility index (Phi) is 2.78. The van der Waals surface area contributed by atoms with Gasteiger partial charge in [0.15, 0.2) is 0 Å². The van der Waals surface area contributed by atoms with Gasteiger partial charge in [-0.15, -0.1) is 0 Å². The molecular formula is C4H12NPSe. The van der Waals surface area contributed by atoms with Crippen LogP contribution in [-0.2, 0) is 0 Å². The summed E-state index contributed by atoms with van der Waals surface area (Å²) in [7, 11) is 4.20. The zero-order valence-electron chi connectivity index (χ0n) is 5.30. The summed E-state index contributed by atoms with van der Waals surface area (Å²) in [5.41, 5.74) is -0.779. The van der Waals surface area contributed by atoms with Crippen LogP contribution in [0.1, 0.15) is 0 Å². The predicted octanol–water partition coefficient (Wildman–Crippen LogP) is 0.824. The monoisotopic (exact) mass is 185 g/mol. The van der Waals surface area contributed by atoms with Crippen molar-refractivity contribution in [2.24, 2.45) is 0 Å². The van der Waals surface area contributed by atoms with Gasteiger partial charge in [-0.2, -0.15) is 0 Å². The van der Waals surface area contributed by atoms with Crippen LogP contribution >= 0.6 is 5.66 Å². The van der Waals surface area contributed by atoms with Crippen molar-refractivity contribution in [1.29, 1.82) is 0 Å². The topological polar surface area (TPSA) is 3.24 Å². The Morgan fingerprint density at radius 3 is 1.43 bits per heavy atom. The van der Waals surface area contributed by atoms with Crippen LogP contribution in [0.5, 0.6) is 0 Å². The van der Waals surface area contributed by atoms with E-state index in [1.807, 2.05) is 0 Å². The summed E-state index contributed by atoms with van der Waals surface area (Å²) in [5, 5.41) is 0. The minimum absolute atomic E-state index is 0.779. The number of rotatable bonds is 1. The molecule has 0 heterocycles. The second-order valence-electron chi connectivity index (χ2n) is 2.14. The summed E-state index contributed by atoms with van der Waals surface area (Å²) in [4.78, 5) is 0. The normalized spacial score (nSPS) is 12.7. The molecule has 3 heteroatoms. The van der Waals surface area contributed by atoms with E-state index in [0.29, 0.717) is 0 Å². The molecule has 7 heavy (non-hydrogen) atoms. The first-order valence-electron chi connectivity index (χ1n) is 2.17. The molecule has 0 aliphatic carbocycles. The summed E-state index contributed by atoms with van der Waals surface area (Å²) in [5.74, 6) is 0. The van der Waals surface area contributed by atoms with E-state index in [4.69, 9.17) is 0 Å². The molecule has 44 valence electrons. The van der Waals surface area contributed by atoms with Crippen molar-refractivity contribution in [3.63, 3.8) is 0 Å². The minimum atomic E-state index is -0.779. The van der Waals surface area contributed by atoms with Crippen molar-refractivity contribution in [3.05, 3.63) is 0 Å². The SMILES string of the molecule is CN(C)P(C)(C)=[Se]. The van der Waals surface area contributed by atoms with Crippen molar-refractivity contribution < 1.29 is 0 Å². The average Bonchev–Trinajstić information content (AvgIpc) is 1.31. The summed E-state index contributed by atoms with van der Waals surface area (Å²) in [6.07, 6.45) is 0. The Morgan fingerprint density at radius 2 is 1.43 bits per heavy atom. The van der Waals surface area contributed by atoms with Crippen molar-refractivity contribution in [3.8, 4) is 0 Å². The van der Waals surface area contributed by atoms with E-state index in [1.54, 1.807) is 0 Å². The molecule has 0 fully saturated rings. The Morgan fingerprint density at radius 1 is 1.29 bits per heavy atom. The van der Waals surface area contributed by atoms with Gasteiger partial charge in [0, 0.05) is 0 Å². The van der Waals surface area contributed by atoms with Crippen LogP contribution in [-0.4, -0.2) is 47.2 Å². The van der Waals surface area contributed by atoms with Crippen molar-refractivity contribution in [2.45, 2.75) is 0 Å². The Labute approximate surface area is 53.4 Å². The van der Waals surface area contributed by atoms with Gasteiger partial charge in [-0.3, -0.25) is 0 Å². The van der Waals surface area contributed by atoms with Gasteiger partial charge in [-0.1, -0.05) is 0 Å². The number of hydrogen-bond acceptors (Lipinski definition) is 1. The molecule has 0 atom stereocenters. The molecule has 0 spiro atoms. The van der Waals surface area contributed by atoms with E-state index < -0.39 is 5.66 Å². The van der Waals surface area contributed by atoms with Crippen LogP contribution < -0.4 is 0 Å². The maximum atomic E-state index is 3.15. The van der Waals surface area contributed by atoms with Gasteiger partial charge in [-0.05, 0) is 0 Å². The number of nitrogens with zero attached hydrogens (tertiary/aromatic N) is 1. The first kappa shape index (κ1) is 7.91. The van der Waals surface area contributed by atoms with Crippen LogP contribution in [0.4, 0.5) is 0 Å². The van der Waals surface area contributed by atoms with Gasteiger partial charge in [0.25, 0.3) is 0 Å². The van der Waals surface area contributed by atoms with E-state index in [1.165, 1.54) is 0 Å². The van der Waals surface area contributed by atoms with Gasteiger partial charge >= 0.3 is 52.9 Å². The molecule has 0 N–H and O–H groups in total. The third-order valence-corrected chi connectivity index (χ3v) is 4.95. The van der Waals surface area contributed by atoms with Crippen molar-refractivity contribution >= 4 is 20.8 Å². The quantitative estimate of drug-likeness (QED) is 0.430. The van der Waals surface area contributed by atoms with Gasteiger partial charge < -0.3 is 0 Å². The van der Waals surface area contributed by atoms with Crippen LogP contribution in [0.25, 0.3) is 0 Å². The fourth-order valence-corrected chi connectivity index (χ4v) is 0. The molecule has 0 bridgehead atoms. The van der Waals surface area contributed by atoms with Crippen LogP contribution in [0.3, 0.4) is 0 Å². The average molecular weight is 184 g/mol. The molecule has 0 radical (unpaired) electrons. The molecule has 1 nitrogen and oxygen atoms in total. The molecule has 0 amide bonds. The van der Waals surface area contributed by atoms with Gasteiger partial charge in [0.1, 0.15) is 0 Å². The zero-order valence-corrected chi connectivity index (χ0v) is 7.91. The van der Waals surface area contributed by atoms with Gasteiger partial charge in [-0.25, -0.2) is 0 Å². The number of hydrogen-bond donors (Lipinski definition) is 0. The van der Waals surface area contributed by atoms with Gasteiger partial charge in [0.2, 0.25) is 0 Å². The molecule has 0 saturated heterocycles. The molecule has 0 unspecified atom stereocenters. The maximum absolute atomic E-state index is 3.15. The summed E-state index contributed by atoms with van der Waals surface area (Å²) >= 11 is 3.15. The molecule has 0 saturated carbocycles. The Hall–Kier alpha value is 0.909. The second-order valence-corrected chi connectivity index (χ2v) is 11.2. The van der Waals surface area contributed by atoms with E-state index in [2.05, 4.69) is 47.2 Å². The Balaban J connectivity index is 3.80. The summed E-state index contributed by atoms with van der Waals surface area (Å²) in [6, 6.07) is 0. The van der Waals surface area contributed by atoms with Crippen molar-refractivity contribution in [1.82, 2.24) is 4.67 Å². The zero-order chi connectivity index (χ0) is 6.08. The fraction of sp³-hybridized carbons (Fsp3) is 1.00. The summed E-state index contributed by atoms with van der Waals surface area (Å²) < 4.78 is 2.24. The molecule has 0 aromatic rings. The van der Waals surface area contributed by atoms with Crippen molar-refractivity contribution in [2.75, 3.05) is 27.4 Å². The van der Waals surface area contributed by atoms with Crippen LogP contribution in [0.2, 0.25) is 0 Å². The van der Waals surface area contributed by atoms with Crippen LogP contribution in [0.15, 0.2) is 0 Å². The van der Waals surface area contributed by atoms with E-state index in [0.717, 1.165) is 0 Å². The second kappa shape index (κ2) is 2.46. The molecule has 0 aliphatic heterocycles. The first-order valence-corrected chi connectivity index (χ1v) is 7.02. The predicted molar refractivity (Wildman–Crippen MR) is 38.2 cm³/mol. The van der Waals surface area contributed by atoms with Gasteiger partial charge in [0.05, 0.1) is 0 Å². The molecule has 0 aliphatic rings. The fourth-order valence-electron chi connectivity index (χ4n) is 0. The molecular weight excluding hydrogens is 172 g/mol. The van der Waals surface area contributed by atoms with E-state index in [9.17, 15) is 0 Å². The van der Waals surface area contributed by atoms with Crippen LogP contribution in [0, 0.1) is 0 Å². The third kappa shape index (κ3) is 3.49. The Bertz CT molecular complexity index is 93.9. The standard InChI is InChI=1S/C4H12NPSe/c1-5(2)6(3,4)7/h1-4H3. The molecule has 0 aromatic carbocycles. The first-order chi connectivity index (χ1) is 2.94.